The Kier molecular flexibility index (Phi) is 6.55. The minimum absolute atomic E-state index is 0.0575. The normalized spacial score (nSPS) is 33.1. The molecule has 0 N–H and O–H groups in total. The van der Waals surface area contributed by atoms with Crippen LogP contribution in [0.15, 0.2) is 35.2 Å². The Morgan fingerprint density at radius 2 is 1.65 bits per heavy atom. The van der Waals surface area contributed by atoms with Gasteiger partial charge in [-0.25, -0.2) is 16.8 Å². The summed E-state index contributed by atoms with van der Waals surface area (Å²) in [5.41, 5.74) is -1.05. The number of sulfone groups is 1. The number of fused-ring (bicyclic) bond motifs is 3. The lowest BCUT2D eigenvalue weighted by Crippen LogP contribution is -2.57. The van der Waals surface area contributed by atoms with Gasteiger partial charge in [-0.1, -0.05) is 32.0 Å². The van der Waals surface area contributed by atoms with Crippen LogP contribution in [0.25, 0.3) is 0 Å². The lowest BCUT2D eigenvalue weighted by Gasteiger charge is -2.48. The third kappa shape index (κ3) is 3.95. The van der Waals surface area contributed by atoms with Crippen molar-refractivity contribution in [3.05, 3.63) is 30.3 Å². The Morgan fingerprint density at radius 3 is 2.21 bits per heavy atom. The molecule has 2 bridgehead atoms. The van der Waals surface area contributed by atoms with Gasteiger partial charge in [-0.15, -0.1) is 0 Å². The van der Waals surface area contributed by atoms with Crippen molar-refractivity contribution < 1.29 is 26.3 Å². The summed E-state index contributed by atoms with van der Waals surface area (Å²) < 4.78 is 68.0. The van der Waals surface area contributed by atoms with E-state index in [0.717, 1.165) is 6.42 Å². The number of ether oxygens (including phenoxy) is 2. The molecule has 1 aliphatic heterocycles. The highest BCUT2D eigenvalue weighted by Crippen LogP contribution is 2.72. The Morgan fingerprint density at radius 1 is 1.03 bits per heavy atom. The molecular weight excluding hydrogens is 474 g/mol. The first kappa shape index (κ1) is 26.1. The molecular formula is C25H39NO6S2. The van der Waals surface area contributed by atoms with Crippen LogP contribution in [0.2, 0.25) is 0 Å². The molecule has 1 heterocycles. The fourth-order valence-electron chi connectivity index (χ4n) is 7.02. The molecule has 1 aromatic rings. The van der Waals surface area contributed by atoms with Crippen molar-refractivity contribution in [3.8, 4) is 0 Å². The number of benzene rings is 1. The van der Waals surface area contributed by atoms with Crippen molar-refractivity contribution in [2.45, 2.75) is 89.7 Å². The van der Waals surface area contributed by atoms with Gasteiger partial charge in [-0.2, -0.15) is 4.31 Å². The summed E-state index contributed by atoms with van der Waals surface area (Å²) in [7, 11) is -7.18. The van der Waals surface area contributed by atoms with Crippen LogP contribution in [-0.4, -0.2) is 63.2 Å². The van der Waals surface area contributed by atoms with E-state index in [4.69, 9.17) is 9.47 Å². The summed E-state index contributed by atoms with van der Waals surface area (Å²) >= 11 is 0. The predicted octanol–water partition coefficient (Wildman–Crippen LogP) is 3.85. The maximum Gasteiger partial charge on any atom is 0.215 e. The van der Waals surface area contributed by atoms with E-state index < -0.39 is 37.2 Å². The van der Waals surface area contributed by atoms with E-state index >= 15 is 0 Å². The Hall–Kier alpha value is -1.00. The minimum Gasteiger partial charge on any atom is -0.347 e. The van der Waals surface area contributed by atoms with Gasteiger partial charge in [0.15, 0.2) is 15.6 Å². The first-order chi connectivity index (χ1) is 15.7. The monoisotopic (exact) mass is 513 g/mol. The van der Waals surface area contributed by atoms with Crippen LogP contribution in [0.5, 0.6) is 0 Å². The van der Waals surface area contributed by atoms with E-state index in [0.29, 0.717) is 12.8 Å². The van der Waals surface area contributed by atoms with Crippen molar-refractivity contribution in [1.29, 1.82) is 0 Å². The number of sulfonamides is 1. The molecule has 7 nitrogen and oxygen atoms in total. The number of nitrogens with zero attached hydrogens (tertiary/aromatic N) is 1. The molecule has 2 aliphatic carbocycles. The number of hydrogen-bond acceptors (Lipinski definition) is 6. The van der Waals surface area contributed by atoms with Crippen molar-refractivity contribution in [1.82, 2.24) is 4.31 Å². The van der Waals surface area contributed by atoms with E-state index in [1.54, 1.807) is 34.6 Å². The molecule has 1 saturated heterocycles. The molecule has 192 valence electrons. The van der Waals surface area contributed by atoms with Crippen molar-refractivity contribution >= 4 is 19.9 Å². The van der Waals surface area contributed by atoms with Gasteiger partial charge in [0.2, 0.25) is 10.0 Å². The zero-order valence-electron chi connectivity index (χ0n) is 21.2. The lowest BCUT2D eigenvalue weighted by molar-refractivity contribution is -0.242. The first-order valence-corrected chi connectivity index (χ1v) is 15.5. The summed E-state index contributed by atoms with van der Waals surface area (Å²) in [5.74, 6) is -1.06. The maximum absolute atomic E-state index is 13.8. The topological polar surface area (TPSA) is 90.0 Å². The Bertz CT molecular complexity index is 1110. The van der Waals surface area contributed by atoms with Crippen molar-refractivity contribution in [3.63, 3.8) is 0 Å². The average Bonchev–Trinajstić information content (AvgIpc) is 3.26. The molecule has 2 saturated carbocycles. The second-order valence-electron chi connectivity index (χ2n) is 11.4. The standard InChI is InChI=1S/C25H39NO6S2/c1-18(2)26(19(3)4)34(29,30)17-24-13-12-20(23(24,5)6)14-25(24)31-15-21(32-25)16-33(27,28)22-10-8-7-9-11-22/h7-11,18-21H,12-17H2,1-6H3. The van der Waals surface area contributed by atoms with Gasteiger partial charge in [-0.05, 0) is 64.0 Å². The van der Waals surface area contributed by atoms with Crippen LogP contribution in [-0.2, 0) is 29.3 Å². The second-order valence-corrected chi connectivity index (χ2v) is 15.3. The molecule has 4 unspecified atom stereocenters. The zero-order chi connectivity index (χ0) is 25.2. The maximum atomic E-state index is 13.8. The van der Waals surface area contributed by atoms with Gasteiger partial charge in [-0.3, -0.25) is 0 Å². The number of rotatable bonds is 8. The zero-order valence-corrected chi connectivity index (χ0v) is 22.8. The van der Waals surface area contributed by atoms with Crippen molar-refractivity contribution in [2.24, 2.45) is 16.7 Å². The molecule has 4 rings (SSSR count). The van der Waals surface area contributed by atoms with Crippen LogP contribution in [0, 0.1) is 16.7 Å². The molecule has 0 aromatic heterocycles. The highest BCUT2D eigenvalue weighted by molar-refractivity contribution is 7.91. The molecule has 0 amide bonds. The van der Waals surface area contributed by atoms with Crippen LogP contribution in [0.1, 0.15) is 60.8 Å². The number of hydrogen-bond donors (Lipinski definition) is 0. The quantitative estimate of drug-likeness (QED) is 0.525. The predicted molar refractivity (Wildman–Crippen MR) is 132 cm³/mol. The van der Waals surface area contributed by atoms with E-state index in [1.807, 2.05) is 27.7 Å². The van der Waals surface area contributed by atoms with E-state index in [2.05, 4.69) is 13.8 Å². The molecule has 9 heteroatoms. The van der Waals surface area contributed by atoms with Gasteiger partial charge in [0.05, 0.1) is 29.1 Å². The van der Waals surface area contributed by atoms with Crippen LogP contribution < -0.4 is 0 Å². The van der Waals surface area contributed by atoms with E-state index in [-0.39, 0.29) is 46.4 Å². The lowest BCUT2D eigenvalue weighted by atomic mass is 9.68. The highest BCUT2D eigenvalue weighted by atomic mass is 32.2. The SMILES string of the molecule is CC(C)N(C(C)C)S(=O)(=O)CC12CCC(CC13OCC(CS(=O)(=O)c1ccccc1)O3)C2(C)C. The summed E-state index contributed by atoms with van der Waals surface area (Å²) in [6.45, 7) is 12.0. The van der Waals surface area contributed by atoms with Crippen LogP contribution in [0.4, 0.5) is 0 Å². The smallest absolute Gasteiger partial charge is 0.215 e. The van der Waals surface area contributed by atoms with Gasteiger partial charge >= 0.3 is 0 Å². The molecule has 34 heavy (non-hydrogen) atoms. The summed E-state index contributed by atoms with van der Waals surface area (Å²) in [6, 6.07) is 8.04. The largest absolute Gasteiger partial charge is 0.347 e. The average molecular weight is 514 g/mol. The molecule has 4 atom stereocenters. The molecule has 3 aliphatic rings. The Labute approximate surface area is 205 Å². The molecule has 3 fully saturated rings. The second kappa shape index (κ2) is 8.54. The third-order valence-electron chi connectivity index (χ3n) is 8.55. The van der Waals surface area contributed by atoms with E-state index in [9.17, 15) is 16.8 Å². The summed E-state index contributed by atoms with van der Waals surface area (Å²) in [6.07, 6.45) is 1.58. The fraction of sp³-hybridized carbons (Fsp3) is 0.760. The molecule has 1 spiro atoms. The van der Waals surface area contributed by atoms with Gasteiger partial charge in [0.1, 0.15) is 0 Å². The fourth-order valence-corrected chi connectivity index (χ4v) is 11.2. The molecule has 0 radical (unpaired) electrons. The van der Waals surface area contributed by atoms with Gasteiger partial charge in [0, 0.05) is 23.9 Å². The van der Waals surface area contributed by atoms with Gasteiger partial charge < -0.3 is 9.47 Å². The van der Waals surface area contributed by atoms with Crippen LogP contribution >= 0.6 is 0 Å². The van der Waals surface area contributed by atoms with Crippen LogP contribution in [0.3, 0.4) is 0 Å². The third-order valence-corrected chi connectivity index (χ3v) is 12.7. The molecule has 1 aromatic carbocycles. The minimum atomic E-state index is -3.62. The highest BCUT2D eigenvalue weighted by Gasteiger charge is 2.76. The Balaban J connectivity index is 1.65. The van der Waals surface area contributed by atoms with Gasteiger partial charge in [0.25, 0.3) is 0 Å². The summed E-state index contributed by atoms with van der Waals surface area (Å²) in [5, 5.41) is 0. The van der Waals surface area contributed by atoms with Crippen molar-refractivity contribution in [2.75, 3.05) is 18.1 Å². The van der Waals surface area contributed by atoms with E-state index in [1.165, 1.54) is 0 Å². The first-order valence-electron chi connectivity index (χ1n) is 12.3. The summed E-state index contributed by atoms with van der Waals surface area (Å²) in [4.78, 5) is 0.259.